The Morgan fingerprint density at radius 1 is 1.19 bits per heavy atom. The zero-order valence-electron chi connectivity index (χ0n) is 15.6. The highest BCUT2D eigenvalue weighted by Gasteiger charge is 2.29. The van der Waals surface area contributed by atoms with Gasteiger partial charge in [0.05, 0.1) is 17.7 Å². The zero-order valence-corrected chi connectivity index (χ0v) is 16.4. The van der Waals surface area contributed by atoms with Crippen LogP contribution in [0.2, 0.25) is 0 Å². The van der Waals surface area contributed by atoms with Crippen molar-refractivity contribution in [1.29, 1.82) is 0 Å². The molecule has 2 aromatic heterocycles. The molecule has 138 valence electrons. The second-order valence-electron chi connectivity index (χ2n) is 6.65. The number of carbonyl (C=O) groups excluding carboxylic acids is 2. The van der Waals surface area contributed by atoms with Crippen LogP contribution in [0, 0.1) is 13.8 Å². The van der Waals surface area contributed by atoms with Crippen LogP contribution in [0.3, 0.4) is 0 Å². The maximum Gasteiger partial charge on any atom is 0.341 e. The predicted octanol–water partition coefficient (Wildman–Crippen LogP) is 3.77. The molecule has 26 heavy (non-hydrogen) atoms. The maximum atomic E-state index is 13.1. The summed E-state index contributed by atoms with van der Waals surface area (Å²) in [5, 5.41) is 0.584. The molecule has 0 aromatic carbocycles. The van der Waals surface area contributed by atoms with Crippen LogP contribution in [-0.4, -0.2) is 22.9 Å². The zero-order chi connectivity index (χ0) is 19.0. The Bertz CT molecular complexity index is 952. The second kappa shape index (κ2) is 7.19. The molecule has 0 spiro atoms. The third-order valence-electron chi connectivity index (χ3n) is 4.78. The minimum absolute atomic E-state index is 0.178. The Kier molecular flexibility index (Phi) is 5.14. The molecule has 0 N–H and O–H groups in total. The summed E-state index contributed by atoms with van der Waals surface area (Å²) in [5.41, 5.74) is 2.69. The fourth-order valence-corrected chi connectivity index (χ4v) is 5.13. The fraction of sp³-hybridized carbons (Fsp3) is 0.450. The first kappa shape index (κ1) is 18.6. The van der Waals surface area contributed by atoms with Gasteiger partial charge >= 0.3 is 5.97 Å². The number of hydrogen-bond donors (Lipinski definition) is 0. The SMILES string of the molecule is CCOC(=O)c1c(-n2c(C)cc(C)c(C(C)=O)c2=O)sc2c1CCCC2. The first-order valence-electron chi connectivity index (χ1n) is 8.93. The molecule has 1 aliphatic rings. The summed E-state index contributed by atoms with van der Waals surface area (Å²) >= 11 is 1.47. The largest absolute Gasteiger partial charge is 0.462 e. The molecule has 6 heteroatoms. The van der Waals surface area contributed by atoms with Crippen molar-refractivity contribution in [2.24, 2.45) is 0 Å². The molecular weight excluding hydrogens is 350 g/mol. The van der Waals surface area contributed by atoms with E-state index in [1.807, 2.05) is 13.0 Å². The summed E-state index contributed by atoms with van der Waals surface area (Å²) in [5.74, 6) is -0.654. The number of fused-ring (bicyclic) bond motifs is 1. The van der Waals surface area contributed by atoms with Gasteiger partial charge in [0.1, 0.15) is 5.00 Å². The van der Waals surface area contributed by atoms with E-state index in [4.69, 9.17) is 4.74 Å². The molecule has 0 saturated carbocycles. The first-order chi connectivity index (χ1) is 12.4. The maximum absolute atomic E-state index is 13.1. The number of ketones is 1. The number of aromatic nitrogens is 1. The molecular formula is C20H23NO4S. The molecule has 0 amide bonds. The lowest BCUT2D eigenvalue weighted by atomic mass is 9.95. The van der Waals surface area contributed by atoms with Crippen LogP contribution in [0.25, 0.3) is 5.00 Å². The number of aryl methyl sites for hydroxylation is 3. The van der Waals surface area contributed by atoms with E-state index >= 15 is 0 Å². The highest BCUT2D eigenvalue weighted by atomic mass is 32.1. The molecule has 1 aliphatic carbocycles. The standard InChI is InChI=1S/C20H23NO4S/c1-5-25-20(24)17-14-8-6-7-9-15(14)26-19(17)21-12(3)10-11(2)16(13(4)22)18(21)23/h10H,5-9H2,1-4H3. The smallest absolute Gasteiger partial charge is 0.341 e. The topological polar surface area (TPSA) is 65.4 Å². The van der Waals surface area contributed by atoms with Crippen LogP contribution < -0.4 is 5.56 Å². The van der Waals surface area contributed by atoms with Crippen LogP contribution in [0.5, 0.6) is 0 Å². The molecule has 0 atom stereocenters. The lowest BCUT2D eigenvalue weighted by Crippen LogP contribution is -2.28. The van der Waals surface area contributed by atoms with Crippen molar-refractivity contribution in [2.45, 2.75) is 53.4 Å². The Morgan fingerprint density at radius 2 is 1.88 bits per heavy atom. The van der Waals surface area contributed by atoms with Crippen molar-refractivity contribution in [2.75, 3.05) is 6.61 Å². The van der Waals surface area contributed by atoms with E-state index in [2.05, 4.69) is 0 Å². The fourth-order valence-electron chi connectivity index (χ4n) is 3.69. The number of rotatable bonds is 4. The van der Waals surface area contributed by atoms with E-state index in [9.17, 15) is 14.4 Å². The number of ether oxygens (including phenoxy) is 1. The highest BCUT2D eigenvalue weighted by Crippen LogP contribution is 2.37. The van der Waals surface area contributed by atoms with Crippen molar-refractivity contribution in [3.8, 4) is 5.00 Å². The van der Waals surface area contributed by atoms with Gasteiger partial charge in [-0.2, -0.15) is 0 Å². The van der Waals surface area contributed by atoms with E-state index in [1.54, 1.807) is 13.8 Å². The van der Waals surface area contributed by atoms with Crippen LogP contribution in [0.1, 0.15) is 69.1 Å². The Hall–Kier alpha value is -2.21. The minimum Gasteiger partial charge on any atom is -0.462 e. The minimum atomic E-state index is -0.391. The van der Waals surface area contributed by atoms with Crippen LogP contribution in [-0.2, 0) is 17.6 Å². The van der Waals surface area contributed by atoms with Crippen LogP contribution >= 0.6 is 11.3 Å². The summed E-state index contributed by atoms with van der Waals surface area (Å²) < 4.78 is 6.79. The Balaban J connectivity index is 2.33. The molecule has 3 rings (SSSR count). The van der Waals surface area contributed by atoms with Gasteiger partial charge in [-0.1, -0.05) is 0 Å². The molecule has 0 radical (unpaired) electrons. The Labute approximate surface area is 156 Å². The second-order valence-corrected chi connectivity index (χ2v) is 7.74. The van der Waals surface area contributed by atoms with E-state index in [0.29, 0.717) is 21.8 Å². The number of carbonyl (C=O) groups is 2. The highest BCUT2D eigenvalue weighted by molar-refractivity contribution is 7.15. The number of thiophene rings is 1. The Morgan fingerprint density at radius 3 is 2.54 bits per heavy atom. The average Bonchev–Trinajstić information content (AvgIpc) is 2.93. The van der Waals surface area contributed by atoms with Crippen molar-refractivity contribution < 1.29 is 14.3 Å². The normalized spacial score (nSPS) is 13.4. The molecule has 0 unspecified atom stereocenters. The van der Waals surface area contributed by atoms with Gasteiger partial charge in [-0.15, -0.1) is 11.3 Å². The lowest BCUT2D eigenvalue weighted by molar-refractivity contribution is 0.0525. The van der Waals surface area contributed by atoms with Gasteiger partial charge in [0.2, 0.25) is 0 Å². The van der Waals surface area contributed by atoms with E-state index < -0.39 is 5.97 Å². The molecule has 0 fully saturated rings. The number of Topliss-reactive ketones (excluding diaryl/α,β-unsaturated/α-hetero) is 1. The molecule has 2 heterocycles. The number of esters is 1. The van der Waals surface area contributed by atoms with Crippen molar-refractivity contribution in [1.82, 2.24) is 4.57 Å². The van der Waals surface area contributed by atoms with E-state index in [0.717, 1.165) is 36.1 Å². The third-order valence-corrected chi connectivity index (χ3v) is 6.05. The van der Waals surface area contributed by atoms with Gasteiger partial charge < -0.3 is 4.74 Å². The van der Waals surface area contributed by atoms with Gasteiger partial charge in [-0.05, 0) is 70.6 Å². The van der Waals surface area contributed by atoms with Gasteiger partial charge in [0.15, 0.2) is 5.78 Å². The number of hydrogen-bond acceptors (Lipinski definition) is 5. The number of pyridine rings is 1. The molecule has 0 aliphatic heterocycles. The van der Waals surface area contributed by atoms with Crippen molar-refractivity contribution >= 4 is 23.1 Å². The van der Waals surface area contributed by atoms with E-state index in [1.165, 1.54) is 22.8 Å². The summed E-state index contributed by atoms with van der Waals surface area (Å²) in [4.78, 5) is 38.9. The molecule has 0 bridgehead atoms. The summed E-state index contributed by atoms with van der Waals surface area (Å²) in [6.07, 6.45) is 3.83. The molecule has 5 nitrogen and oxygen atoms in total. The van der Waals surface area contributed by atoms with Crippen molar-refractivity contribution in [3.05, 3.63) is 49.2 Å². The monoisotopic (exact) mass is 373 g/mol. The third kappa shape index (κ3) is 3.03. The summed E-state index contributed by atoms with van der Waals surface area (Å²) in [7, 11) is 0. The summed E-state index contributed by atoms with van der Waals surface area (Å²) in [6.45, 7) is 7.04. The molecule has 2 aromatic rings. The van der Waals surface area contributed by atoms with Crippen LogP contribution in [0.15, 0.2) is 10.9 Å². The van der Waals surface area contributed by atoms with Gasteiger partial charge in [-0.3, -0.25) is 14.2 Å². The quantitative estimate of drug-likeness (QED) is 0.604. The predicted molar refractivity (Wildman–Crippen MR) is 102 cm³/mol. The first-order valence-corrected chi connectivity index (χ1v) is 9.74. The summed E-state index contributed by atoms with van der Waals surface area (Å²) in [6, 6.07) is 1.83. The van der Waals surface area contributed by atoms with Gasteiger partial charge in [-0.25, -0.2) is 4.79 Å². The number of nitrogens with zero attached hydrogens (tertiary/aromatic N) is 1. The van der Waals surface area contributed by atoms with Gasteiger partial charge in [0, 0.05) is 10.6 Å². The van der Waals surface area contributed by atoms with E-state index in [-0.39, 0.29) is 23.5 Å². The molecule has 0 saturated heterocycles. The van der Waals surface area contributed by atoms with Crippen LogP contribution in [0.4, 0.5) is 0 Å². The van der Waals surface area contributed by atoms with Gasteiger partial charge in [0.25, 0.3) is 5.56 Å². The lowest BCUT2D eigenvalue weighted by Gasteiger charge is -2.14. The average molecular weight is 373 g/mol. The van der Waals surface area contributed by atoms with Crippen molar-refractivity contribution in [3.63, 3.8) is 0 Å².